The lowest BCUT2D eigenvalue weighted by Gasteiger charge is -2.27. The van der Waals surface area contributed by atoms with Crippen LogP contribution in [0.25, 0.3) is 16.5 Å². The van der Waals surface area contributed by atoms with E-state index < -0.39 is 0 Å². The minimum atomic E-state index is 0.0656. The lowest BCUT2D eigenvalue weighted by atomic mass is 9.98. The molecular formula is C22H22ClN3O2. The fraction of sp³-hybridized carbons (Fsp3) is 0.227. The maximum absolute atomic E-state index is 12.5. The Balaban J connectivity index is 1.43. The van der Waals surface area contributed by atoms with Gasteiger partial charge in [-0.1, -0.05) is 29.8 Å². The standard InChI is InChI=1S/C22H22ClN3O2/c1-28-16-6-7-20-17(12-16)18(13-24-20)15-8-10-26(11-9-15)22(27)14-25-21-5-3-2-4-19(21)23/h2-8,12-13,24-25H,9-11,14H2,1H3. The van der Waals surface area contributed by atoms with Crippen molar-refractivity contribution in [2.24, 2.45) is 0 Å². The average Bonchev–Trinajstić information content (AvgIpc) is 3.16. The molecule has 0 bridgehead atoms. The van der Waals surface area contributed by atoms with Crippen LogP contribution in [-0.2, 0) is 4.79 Å². The first-order valence-electron chi connectivity index (χ1n) is 9.26. The molecule has 0 fully saturated rings. The normalized spacial score (nSPS) is 14.1. The summed E-state index contributed by atoms with van der Waals surface area (Å²) in [5.41, 5.74) is 4.29. The number of aromatic amines is 1. The number of anilines is 1. The van der Waals surface area contributed by atoms with Gasteiger partial charge in [0.05, 0.1) is 24.4 Å². The van der Waals surface area contributed by atoms with Gasteiger partial charge in [0, 0.05) is 35.8 Å². The average molecular weight is 396 g/mol. The second-order valence-corrected chi connectivity index (χ2v) is 7.17. The molecule has 0 spiro atoms. The fourth-order valence-electron chi connectivity index (χ4n) is 3.52. The van der Waals surface area contributed by atoms with E-state index in [0.717, 1.165) is 28.8 Å². The zero-order valence-electron chi connectivity index (χ0n) is 15.7. The zero-order chi connectivity index (χ0) is 19.5. The van der Waals surface area contributed by atoms with Crippen LogP contribution in [0.15, 0.2) is 54.7 Å². The number of methoxy groups -OCH3 is 1. The fourth-order valence-corrected chi connectivity index (χ4v) is 3.72. The number of H-pyrrole nitrogens is 1. The molecule has 0 unspecified atom stereocenters. The van der Waals surface area contributed by atoms with Crippen LogP contribution in [0.4, 0.5) is 5.69 Å². The number of nitrogens with one attached hydrogen (secondary N) is 2. The SMILES string of the molecule is COc1ccc2[nH]cc(C3=CCN(C(=O)CNc4ccccc4Cl)CC3)c2c1. The minimum Gasteiger partial charge on any atom is -0.497 e. The van der Waals surface area contributed by atoms with E-state index in [4.69, 9.17) is 16.3 Å². The number of carbonyl (C=O) groups is 1. The molecule has 6 heteroatoms. The van der Waals surface area contributed by atoms with E-state index in [1.54, 1.807) is 13.2 Å². The number of hydrogen-bond acceptors (Lipinski definition) is 3. The Labute approximate surface area is 168 Å². The highest BCUT2D eigenvalue weighted by molar-refractivity contribution is 6.33. The molecule has 28 heavy (non-hydrogen) atoms. The maximum Gasteiger partial charge on any atom is 0.242 e. The number of carbonyl (C=O) groups excluding carboxylic acids is 1. The van der Waals surface area contributed by atoms with Crippen molar-refractivity contribution in [1.82, 2.24) is 9.88 Å². The lowest BCUT2D eigenvalue weighted by molar-refractivity contribution is -0.128. The summed E-state index contributed by atoms with van der Waals surface area (Å²) in [6.45, 7) is 1.54. The summed E-state index contributed by atoms with van der Waals surface area (Å²) < 4.78 is 5.35. The Morgan fingerprint density at radius 1 is 1.29 bits per heavy atom. The van der Waals surface area contributed by atoms with Gasteiger partial charge in [0.25, 0.3) is 0 Å². The van der Waals surface area contributed by atoms with E-state index in [2.05, 4.69) is 16.4 Å². The first kappa shape index (κ1) is 18.4. The van der Waals surface area contributed by atoms with Crippen molar-refractivity contribution in [2.75, 3.05) is 32.1 Å². The number of amides is 1. The molecule has 1 aromatic heterocycles. The first-order valence-corrected chi connectivity index (χ1v) is 9.64. The van der Waals surface area contributed by atoms with Crippen LogP contribution < -0.4 is 10.1 Å². The number of halogens is 1. The topological polar surface area (TPSA) is 57.4 Å². The molecule has 4 rings (SSSR count). The molecule has 1 amide bonds. The van der Waals surface area contributed by atoms with Gasteiger partial charge < -0.3 is 19.9 Å². The largest absolute Gasteiger partial charge is 0.497 e. The van der Waals surface area contributed by atoms with Crippen molar-refractivity contribution in [1.29, 1.82) is 0 Å². The van der Waals surface area contributed by atoms with Gasteiger partial charge in [-0.2, -0.15) is 0 Å². The van der Waals surface area contributed by atoms with E-state index in [0.29, 0.717) is 18.1 Å². The third kappa shape index (κ3) is 3.71. The molecule has 0 saturated carbocycles. The number of nitrogens with zero attached hydrogens (tertiary/aromatic N) is 1. The molecule has 0 atom stereocenters. The Morgan fingerprint density at radius 2 is 2.14 bits per heavy atom. The van der Waals surface area contributed by atoms with Crippen molar-refractivity contribution in [3.63, 3.8) is 0 Å². The number of benzene rings is 2. The molecule has 3 aromatic rings. The second kappa shape index (κ2) is 7.98. The number of ether oxygens (including phenoxy) is 1. The maximum atomic E-state index is 12.5. The van der Waals surface area contributed by atoms with Gasteiger partial charge in [-0.15, -0.1) is 0 Å². The molecule has 0 aliphatic carbocycles. The van der Waals surface area contributed by atoms with Crippen LogP contribution in [0.2, 0.25) is 5.02 Å². The monoisotopic (exact) mass is 395 g/mol. The predicted molar refractivity (Wildman–Crippen MR) is 114 cm³/mol. The van der Waals surface area contributed by atoms with Crippen molar-refractivity contribution in [3.05, 3.63) is 65.3 Å². The van der Waals surface area contributed by atoms with Crippen molar-refractivity contribution >= 4 is 39.7 Å². The van der Waals surface area contributed by atoms with Gasteiger partial charge >= 0.3 is 0 Å². The van der Waals surface area contributed by atoms with Crippen LogP contribution in [0.5, 0.6) is 5.75 Å². The quantitative estimate of drug-likeness (QED) is 0.666. The molecule has 0 saturated heterocycles. The van der Waals surface area contributed by atoms with Gasteiger partial charge in [-0.3, -0.25) is 4.79 Å². The Kier molecular flexibility index (Phi) is 5.26. The summed E-state index contributed by atoms with van der Waals surface area (Å²) in [6.07, 6.45) is 4.99. The molecule has 2 heterocycles. The minimum absolute atomic E-state index is 0.0656. The predicted octanol–water partition coefficient (Wildman–Crippen LogP) is 4.56. The van der Waals surface area contributed by atoms with Crippen LogP contribution in [0.3, 0.4) is 0 Å². The molecule has 2 N–H and O–H groups in total. The van der Waals surface area contributed by atoms with Crippen molar-refractivity contribution < 1.29 is 9.53 Å². The van der Waals surface area contributed by atoms with Gasteiger partial charge in [0.2, 0.25) is 5.91 Å². The van der Waals surface area contributed by atoms with E-state index >= 15 is 0 Å². The number of aromatic nitrogens is 1. The van der Waals surface area contributed by atoms with Crippen molar-refractivity contribution in [2.45, 2.75) is 6.42 Å². The van der Waals surface area contributed by atoms with Crippen LogP contribution in [0, 0.1) is 0 Å². The molecule has 5 nitrogen and oxygen atoms in total. The van der Waals surface area contributed by atoms with E-state index in [1.165, 1.54) is 11.1 Å². The highest BCUT2D eigenvalue weighted by atomic mass is 35.5. The van der Waals surface area contributed by atoms with E-state index in [-0.39, 0.29) is 12.5 Å². The highest BCUT2D eigenvalue weighted by Crippen LogP contribution is 2.31. The summed E-state index contributed by atoms with van der Waals surface area (Å²) in [6, 6.07) is 13.5. The third-order valence-electron chi connectivity index (χ3n) is 5.10. The number of fused-ring (bicyclic) bond motifs is 1. The molecule has 1 aliphatic heterocycles. The Morgan fingerprint density at radius 3 is 2.89 bits per heavy atom. The van der Waals surface area contributed by atoms with Gasteiger partial charge in [-0.25, -0.2) is 0 Å². The summed E-state index contributed by atoms with van der Waals surface area (Å²) in [4.78, 5) is 17.7. The lowest BCUT2D eigenvalue weighted by Crippen LogP contribution is -2.38. The molecular weight excluding hydrogens is 374 g/mol. The second-order valence-electron chi connectivity index (χ2n) is 6.77. The smallest absolute Gasteiger partial charge is 0.242 e. The summed E-state index contributed by atoms with van der Waals surface area (Å²) in [7, 11) is 1.67. The van der Waals surface area contributed by atoms with Crippen LogP contribution in [-0.4, -0.2) is 42.5 Å². The first-order chi connectivity index (χ1) is 13.7. The van der Waals surface area contributed by atoms with Crippen molar-refractivity contribution in [3.8, 4) is 5.75 Å². The van der Waals surface area contributed by atoms with Gasteiger partial charge in [0.15, 0.2) is 0 Å². The van der Waals surface area contributed by atoms with Crippen LogP contribution in [0.1, 0.15) is 12.0 Å². The van der Waals surface area contributed by atoms with Gasteiger partial charge in [-0.05, 0) is 42.3 Å². The number of rotatable bonds is 5. The third-order valence-corrected chi connectivity index (χ3v) is 5.43. The number of hydrogen-bond donors (Lipinski definition) is 2. The van der Waals surface area contributed by atoms with E-state index in [1.807, 2.05) is 47.5 Å². The molecule has 1 aliphatic rings. The molecule has 0 radical (unpaired) electrons. The Hall–Kier alpha value is -2.92. The summed E-state index contributed by atoms with van der Waals surface area (Å²) >= 11 is 6.13. The van der Waals surface area contributed by atoms with Gasteiger partial charge in [0.1, 0.15) is 5.75 Å². The van der Waals surface area contributed by atoms with Crippen LogP contribution >= 0.6 is 11.6 Å². The van der Waals surface area contributed by atoms with E-state index in [9.17, 15) is 4.79 Å². The zero-order valence-corrected chi connectivity index (χ0v) is 16.4. The summed E-state index contributed by atoms with van der Waals surface area (Å²) in [5.74, 6) is 0.906. The highest BCUT2D eigenvalue weighted by Gasteiger charge is 2.19. The molecule has 144 valence electrons. The number of para-hydroxylation sites is 1. The Bertz CT molecular complexity index is 1040. The summed E-state index contributed by atoms with van der Waals surface area (Å²) in [5, 5.41) is 4.88. The molecule has 2 aromatic carbocycles.